The van der Waals surface area contributed by atoms with E-state index >= 15 is 0 Å². The fourth-order valence-corrected chi connectivity index (χ4v) is 2.41. The number of phenolic OH excluding ortho intramolecular Hbond substituents is 1. The average Bonchev–Trinajstić information content (AvgIpc) is 2.47. The summed E-state index contributed by atoms with van der Waals surface area (Å²) in [7, 11) is 0. The van der Waals surface area contributed by atoms with E-state index in [0.717, 1.165) is 16.5 Å². The quantitative estimate of drug-likeness (QED) is 0.609. The van der Waals surface area contributed by atoms with Crippen LogP contribution in [-0.2, 0) is 0 Å². The third-order valence-electron chi connectivity index (χ3n) is 3.19. The molecule has 0 bridgehead atoms. The number of non-ortho nitro benzene ring substituents is 1. The first-order valence-electron chi connectivity index (χ1n) is 6.50. The van der Waals surface area contributed by atoms with Gasteiger partial charge in [0, 0.05) is 16.6 Å². The van der Waals surface area contributed by atoms with Crippen molar-refractivity contribution in [3.05, 3.63) is 62.6 Å². The van der Waals surface area contributed by atoms with Crippen LogP contribution >= 0.6 is 15.9 Å². The smallest absolute Gasteiger partial charge is 0.271 e. The lowest BCUT2D eigenvalue weighted by molar-refractivity contribution is -0.384. The SMILES string of the molecule is CCC(Nc1cc([N+](=O)[O-])ccc1Br)c1ccc(O)cc1. The molecule has 2 N–H and O–H groups in total. The lowest BCUT2D eigenvalue weighted by Crippen LogP contribution is -2.10. The van der Waals surface area contributed by atoms with Crippen LogP contribution in [0.2, 0.25) is 0 Å². The van der Waals surface area contributed by atoms with Crippen molar-refractivity contribution >= 4 is 27.3 Å². The summed E-state index contributed by atoms with van der Waals surface area (Å²) in [6, 6.07) is 11.5. The highest BCUT2D eigenvalue weighted by molar-refractivity contribution is 9.10. The molecule has 0 saturated carbocycles. The molecule has 0 aliphatic heterocycles. The van der Waals surface area contributed by atoms with Crippen LogP contribution in [0.15, 0.2) is 46.9 Å². The standard InChI is InChI=1S/C15H15BrN2O3/c1-2-14(10-3-6-12(19)7-4-10)17-15-9-11(18(20)21)5-8-13(15)16/h3-9,14,17,19H,2H2,1H3. The maximum atomic E-state index is 10.9. The van der Waals surface area contributed by atoms with E-state index in [1.54, 1.807) is 18.2 Å². The first-order valence-corrected chi connectivity index (χ1v) is 7.30. The maximum absolute atomic E-state index is 10.9. The van der Waals surface area contributed by atoms with Crippen LogP contribution in [0.5, 0.6) is 5.75 Å². The van der Waals surface area contributed by atoms with E-state index in [1.165, 1.54) is 12.1 Å². The summed E-state index contributed by atoms with van der Waals surface area (Å²) in [5.41, 5.74) is 1.72. The molecule has 1 atom stereocenters. The number of aromatic hydroxyl groups is 1. The van der Waals surface area contributed by atoms with Crippen molar-refractivity contribution in [3.63, 3.8) is 0 Å². The molecular weight excluding hydrogens is 336 g/mol. The largest absolute Gasteiger partial charge is 0.508 e. The Morgan fingerprint density at radius 2 is 1.95 bits per heavy atom. The van der Waals surface area contributed by atoms with E-state index < -0.39 is 4.92 Å². The zero-order valence-corrected chi connectivity index (χ0v) is 13.0. The van der Waals surface area contributed by atoms with E-state index in [-0.39, 0.29) is 17.5 Å². The fraction of sp³-hybridized carbons (Fsp3) is 0.200. The molecule has 0 saturated heterocycles. The van der Waals surface area contributed by atoms with Gasteiger partial charge in [-0.1, -0.05) is 19.1 Å². The van der Waals surface area contributed by atoms with Crippen LogP contribution in [0.3, 0.4) is 0 Å². The van der Waals surface area contributed by atoms with E-state index in [9.17, 15) is 15.2 Å². The second kappa shape index (κ2) is 6.58. The Bertz CT molecular complexity index is 644. The molecule has 0 aliphatic rings. The first-order chi connectivity index (χ1) is 10.0. The number of halogens is 1. The van der Waals surface area contributed by atoms with Gasteiger partial charge >= 0.3 is 0 Å². The average molecular weight is 351 g/mol. The molecular formula is C15H15BrN2O3. The van der Waals surface area contributed by atoms with E-state index in [0.29, 0.717) is 5.69 Å². The number of nitro groups is 1. The van der Waals surface area contributed by atoms with Gasteiger partial charge in [0.15, 0.2) is 0 Å². The highest BCUT2D eigenvalue weighted by Gasteiger charge is 2.14. The summed E-state index contributed by atoms with van der Waals surface area (Å²) in [6.45, 7) is 2.02. The van der Waals surface area contributed by atoms with Gasteiger partial charge in [-0.25, -0.2) is 0 Å². The van der Waals surface area contributed by atoms with Gasteiger partial charge in [0.25, 0.3) is 5.69 Å². The molecule has 6 heteroatoms. The van der Waals surface area contributed by atoms with Crippen LogP contribution in [0.1, 0.15) is 24.9 Å². The van der Waals surface area contributed by atoms with E-state index in [1.807, 2.05) is 19.1 Å². The summed E-state index contributed by atoms with van der Waals surface area (Å²) in [5, 5.41) is 23.5. The molecule has 110 valence electrons. The number of hydrogen-bond donors (Lipinski definition) is 2. The molecule has 0 aromatic heterocycles. The van der Waals surface area contributed by atoms with Gasteiger partial charge in [0.2, 0.25) is 0 Å². The monoisotopic (exact) mass is 350 g/mol. The zero-order chi connectivity index (χ0) is 15.4. The van der Waals surface area contributed by atoms with Gasteiger partial charge in [-0.3, -0.25) is 10.1 Å². The van der Waals surface area contributed by atoms with Gasteiger partial charge in [0.1, 0.15) is 5.75 Å². The zero-order valence-electron chi connectivity index (χ0n) is 11.4. The Hall–Kier alpha value is -2.08. The summed E-state index contributed by atoms with van der Waals surface area (Å²) < 4.78 is 0.769. The lowest BCUT2D eigenvalue weighted by atomic mass is 10.0. The second-order valence-electron chi connectivity index (χ2n) is 4.62. The number of nitro benzene ring substituents is 1. The van der Waals surface area contributed by atoms with E-state index in [4.69, 9.17) is 0 Å². The summed E-state index contributed by atoms with van der Waals surface area (Å²) in [6.07, 6.45) is 0.805. The predicted molar refractivity (Wildman–Crippen MR) is 85.6 cm³/mol. The number of nitrogens with zero attached hydrogens (tertiary/aromatic N) is 1. The van der Waals surface area contributed by atoms with E-state index in [2.05, 4.69) is 21.2 Å². The second-order valence-corrected chi connectivity index (χ2v) is 5.47. The number of anilines is 1. The van der Waals surface area contributed by atoms with Crippen molar-refractivity contribution in [1.82, 2.24) is 0 Å². The lowest BCUT2D eigenvalue weighted by Gasteiger charge is -2.19. The van der Waals surface area contributed by atoms with Gasteiger partial charge in [-0.15, -0.1) is 0 Å². The third-order valence-corrected chi connectivity index (χ3v) is 3.89. The topological polar surface area (TPSA) is 75.4 Å². The highest BCUT2D eigenvalue weighted by atomic mass is 79.9. The first kappa shape index (κ1) is 15.3. The number of hydrogen-bond acceptors (Lipinski definition) is 4. The van der Waals surface area contributed by atoms with Crippen molar-refractivity contribution in [2.24, 2.45) is 0 Å². The molecule has 0 aliphatic carbocycles. The maximum Gasteiger partial charge on any atom is 0.271 e. The number of phenols is 1. The molecule has 0 spiro atoms. The van der Waals surface area contributed by atoms with Crippen LogP contribution in [-0.4, -0.2) is 10.0 Å². The molecule has 0 fully saturated rings. The molecule has 5 nitrogen and oxygen atoms in total. The Morgan fingerprint density at radius 1 is 1.29 bits per heavy atom. The van der Waals surface area contributed by atoms with Gasteiger partial charge in [-0.05, 0) is 46.1 Å². The molecule has 2 rings (SSSR count). The van der Waals surface area contributed by atoms with Gasteiger partial charge in [0.05, 0.1) is 16.7 Å². The van der Waals surface area contributed by atoms with Crippen molar-refractivity contribution < 1.29 is 10.0 Å². The molecule has 0 amide bonds. The van der Waals surface area contributed by atoms with Crippen molar-refractivity contribution in [1.29, 1.82) is 0 Å². The van der Waals surface area contributed by atoms with Crippen molar-refractivity contribution in [2.45, 2.75) is 19.4 Å². The fourth-order valence-electron chi connectivity index (χ4n) is 2.05. The minimum Gasteiger partial charge on any atom is -0.508 e. The number of benzene rings is 2. The third kappa shape index (κ3) is 3.72. The normalized spacial score (nSPS) is 11.9. The summed E-state index contributed by atoms with van der Waals surface area (Å²) >= 11 is 3.40. The summed E-state index contributed by atoms with van der Waals surface area (Å²) in [4.78, 5) is 10.4. The van der Waals surface area contributed by atoms with Crippen molar-refractivity contribution in [2.75, 3.05) is 5.32 Å². The van der Waals surface area contributed by atoms with Gasteiger partial charge in [-0.2, -0.15) is 0 Å². The molecule has 1 unspecified atom stereocenters. The minimum absolute atomic E-state index is 0.00361. The van der Waals surface area contributed by atoms with Crippen LogP contribution in [0.4, 0.5) is 11.4 Å². The molecule has 0 radical (unpaired) electrons. The van der Waals surface area contributed by atoms with Gasteiger partial charge < -0.3 is 10.4 Å². The molecule has 2 aromatic rings. The van der Waals surface area contributed by atoms with Crippen LogP contribution < -0.4 is 5.32 Å². The number of nitrogens with one attached hydrogen (secondary N) is 1. The molecule has 21 heavy (non-hydrogen) atoms. The number of rotatable bonds is 5. The Labute approximate surface area is 130 Å². The Kier molecular flexibility index (Phi) is 4.80. The molecule has 0 heterocycles. The predicted octanol–water partition coefficient (Wildman–Crippen LogP) is 4.63. The summed E-state index contributed by atoms with van der Waals surface area (Å²) in [5.74, 6) is 0.213. The molecule has 2 aromatic carbocycles. The minimum atomic E-state index is -0.418. The Balaban J connectivity index is 2.28. The van der Waals surface area contributed by atoms with Crippen LogP contribution in [0, 0.1) is 10.1 Å². The van der Waals surface area contributed by atoms with Crippen molar-refractivity contribution in [3.8, 4) is 5.75 Å². The van der Waals surface area contributed by atoms with Crippen LogP contribution in [0.25, 0.3) is 0 Å². The highest BCUT2D eigenvalue weighted by Crippen LogP contribution is 2.31. The Morgan fingerprint density at radius 3 is 2.52 bits per heavy atom.